The highest BCUT2D eigenvalue weighted by molar-refractivity contribution is 5.79. The first-order chi connectivity index (χ1) is 13.9. The summed E-state index contributed by atoms with van der Waals surface area (Å²) in [6.45, 7) is 12.9. The van der Waals surface area contributed by atoms with E-state index in [2.05, 4.69) is 36.9 Å². The summed E-state index contributed by atoms with van der Waals surface area (Å²) in [5.74, 6) is 1.65. The molecule has 1 saturated heterocycles. The van der Waals surface area contributed by atoms with E-state index in [0.29, 0.717) is 38.8 Å². The minimum Gasteiger partial charge on any atom is -0.444 e. The van der Waals surface area contributed by atoms with E-state index in [0.717, 1.165) is 31.0 Å². The summed E-state index contributed by atoms with van der Waals surface area (Å²) in [6, 6.07) is 3.98. The van der Waals surface area contributed by atoms with E-state index in [-0.39, 0.29) is 0 Å². The largest absolute Gasteiger partial charge is 0.444 e. The van der Waals surface area contributed by atoms with Crippen LogP contribution in [0.2, 0.25) is 0 Å². The first kappa shape index (κ1) is 22.7. The molecule has 1 aromatic heterocycles. The minimum atomic E-state index is -0.504. The lowest BCUT2D eigenvalue weighted by atomic mass is 10.2. The van der Waals surface area contributed by atoms with Gasteiger partial charge in [-0.15, -0.1) is 0 Å². The van der Waals surface area contributed by atoms with Crippen molar-refractivity contribution in [3.63, 3.8) is 0 Å². The van der Waals surface area contributed by atoms with Gasteiger partial charge in [-0.2, -0.15) is 0 Å². The van der Waals surface area contributed by atoms with Crippen molar-refractivity contribution in [1.82, 2.24) is 20.9 Å². The zero-order valence-corrected chi connectivity index (χ0v) is 18.0. The highest BCUT2D eigenvalue weighted by Crippen LogP contribution is 2.19. The van der Waals surface area contributed by atoms with Crippen LogP contribution in [-0.4, -0.2) is 68.6 Å². The summed E-state index contributed by atoms with van der Waals surface area (Å²) in [4.78, 5) is 23.2. The molecule has 0 saturated carbocycles. The molecule has 0 unspecified atom stereocenters. The number of alkyl carbamates (subject to hydrolysis) is 1. The van der Waals surface area contributed by atoms with Gasteiger partial charge in [0, 0.05) is 44.5 Å². The lowest BCUT2D eigenvalue weighted by molar-refractivity contribution is 0.0529. The Hall–Kier alpha value is -2.55. The Kier molecular flexibility index (Phi) is 8.98. The maximum Gasteiger partial charge on any atom is 0.407 e. The van der Waals surface area contributed by atoms with Crippen LogP contribution >= 0.6 is 0 Å². The number of carbonyl (C=O) groups excluding carboxylic acids is 1. The van der Waals surface area contributed by atoms with E-state index in [1.54, 1.807) is 0 Å². The normalized spacial score (nSPS) is 15.0. The predicted octanol–water partition coefficient (Wildman–Crippen LogP) is 1.50. The molecule has 29 heavy (non-hydrogen) atoms. The second-order valence-corrected chi connectivity index (χ2v) is 7.64. The quantitative estimate of drug-likeness (QED) is 0.358. The molecule has 9 nitrogen and oxygen atoms in total. The topological polar surface area (TPSA) is 100 Å². The van der Waals surface area contributed by atoms with Gasteiger partial charge in [-0.25, -0.2) is 14.8 Å². The van der Waals surface area contributed by atoms with E-state index in [9.17, 15) is 4.79 Å². The van der Waals surface area contributed by atoms with Gasteiger partial charge in [0.1, 0.15) is 11.4 Å². The number of hydrogen-bond acceptors (Lipinski definition) is 6. The summed E-state index contributed by atoms with van der Waals surface area (Å²) in [7, 11) is 0. The Morgan fingerprint density at radius 3 is 2.66 bits per heavy atom. The molecule has 1 aromatic rings. The van der Waals surface area contributed by atoms with Crippen LogP contribution < -0.4 is 20.9 Å². The maximum atomic E-state index is 11.7. The van der Waals surface area contributed by atoms with E-state index in [1.807, 2.05) is 40.0 Å². The Balaban J connectivity index is 1.88. The minimum absolute atomic E-state index is 0.424. The van der Waals surface area contributed by atoms with Crippen molar-refractivity contribution in [2.45, 2.75) is 39.8 Å². The first-order valence-electron chi connectivity index (χ1n) is 10.1. The van der Waals surface area contributed by atoms with Gasteiger partial charge in [-0.05, 0) is 33.8 Å². The predicted molar refractivity (Wildman–Crippen MR) is 114 cm³/mol. The van der Waals surface area contributed by atoms with Crippen LogP contribution in [0.15, 0.2) is 23.3 Å². The molecule has 0 aliphatic carbocycles. The van der Waals surface area contributed by atoms with Crippen molar-refractivity contribution in [3.8, 4) is 0 Å². The smallest absolute Gasteiger partial charge is 0.407 e. The van der Waals surface area contributed by atoms with Crippen molar-refractivity contribution >= 4 is 17.9 Å². The third-order valence-electron chi connectivity index (χ3n) is 4.02. The summed E-state index contributed by atoms with van der Waals surface area (Å²) in [5.41, 5.74) is 0.564. The summed E-state index contributed by atoms with van der Waals surface area (Å²) < 4.78 is 10.7. The molecule has 1 aliphatic rings. The molecular weight excluding hydrogens is 372 g/mol. The molecule has 0 spiro atoms. The number of aromatic nitrogens is 1. The Morgan fingerprint density at radius 1 is 1.24 bits per heavy atom. The summed E-state index contributed by atoms with van der Waals surface area (Å²) in [6.07, 6.45) is 1.39. The molecule has 1 aliphatic heterocycles. The van der Waals surface area contributed by atoms with Crippen LogP contribution in [0.4, 0.5) is 10.6 Å². The van der Waals surface area contributed by atoms with Gasteiger partial charge < -0.3 is 30.3 Å². The third-order valence-corrected chi connectivity index (χ3v) is 4.02. The molecule has 9 heteroatoms. The van der Waals surface area contributed by atoms with Gasteiger partial charge in [-0.1, -0.05) is 6.07 Å². The molecule has 1 fully saturated rings. The lowest BCUT2D eigenvalue weighted by Gasteiger charge is -2.29. The van der Waals surface area contributed by atoms with E-state index >= 15 is 0 Å². The monoisotopic (exact) mass is 406 g/mol. The number of nitrogens with zero attached hydrogens (tertiary/aromatic N) is 3. The van der Waals surface area contributed by atoms with Gasteiger partial charge in [0.2, 0.25) is 0 Å². The highest BCUT2D eigenvalue weighted by atomic mass is 16.6. The van der Waals surface area contributed by atoms with E-state index in [4.69, 9.17) is 9.47 Å². The first-order valence-corrected chi connectivity index (χ1v) is 10.1. The molecular formula is C20H34N6O3. The van der Waals surface area contributed by atoms with Crippen molar-refractivity contribution in [2.24, 2.45) is 4.99 Å². The molecule has 162 valence electrons. The number of aliphatic imine (C=N–C) groups is 1. The average Bonchev–Trinajstić information content (AvgIpc) is 2.69. The van der Waals surface area contributed by atoms with Gasteiger partial charge in [-0.3, -0.25) is 0 Å². The molecule has 0 radical (unpaired) electrons. The fraction of sp³-hybridized carbons (Fsp3) is 0.650. The van der Waals surface area contributed by atoms with Gasteiger partial charge >= 0.3 is 6.09 Å². The number of hydrogen-bond donors (Lipinski definition) is 3. The van der Waals surface area contributed by atoms with Crippen LogP contribution in [0.1, 0.15) is 33.3 Å². The number of amides is 1. The molecule has 2 rings (SSSR count). The number of guanidine groups is 1. The van der Waals surface area contributed by atoms with Crippen molar-refractivity contribution in [3.05, 3.63) is 23.9 Å². The Labute approximate surface area is 173 Å². The number of pyridine rings is 1. The van der Waals surface area contributed by atoms with E-state index < -0.39 is 11.7 Å². The average molecular weight is 407 g/mol. The fourth-order valence-corrected chi connectivity index (χ4v) is 2.78. The Bertz CT molecular complexity index is 668. The van der Waals surface area contributed by atoms with Crippen LogP contribution in [-0.2, 0) is 16.0 Å². The number of nitrogens with one attached hydrogen (secondary N) is 3. The van der Waals surface area contributed by atoms with Gasteiger partial charge in [0.15, 0.2) is 5.96 Å². The standard InChI is InChI=1S/C20H34N6O3/c1-5-21-18(23-9-10-24-19(27)29-20(2,3)4)25-15-16-7-6-8-22-17(16)26-11-13-28-14-12-26/h6-8H,5,9-15H2,1-4H3,(H,24,27)(H2,21,23,25). The number of rotatable bonds is 7. The molecule has 0 aromatic carbocycles. The summed E-state index contributed by atoms with van der Waals surface area (Å²) in [5, 5.41) is 9.17. The van der Waals surface area contributed by atoms with Crippen molar-refractivity contribution in [1.29, 1.82) is 0 Å². The van der Waals surface area contributed by atoms with Crippen LogP contribution in [0.3, 0.4) is 0 Å². The molecule has 1 amide bonds. The van der Waals surface area contributed by atoms with E-state index in [1.165, 1.54) is 0 Å². The SMILES string of the molecule is CCNC(=NCc1cccnc1N1CCOCC1)NCCNC(=O)OC(C)(C)C. The fourth-order valence-electron chi connectivity index (χ4n) is 2.78. The van der Waals surface area contributed by atoms with Crippen molar-refractivity contribution < 1.29 is 14.3 Å². The number of morpholine rings is 1. The number of carbonyl (C=O) groups is 1. The zero-order valence-electron chi connectivity index (χ0n) is 18.0. The van der Waals surface area contributed by atoms with Crippen LogP contribution in [0, 0.1) is 0 Å². The van der Waals surface area contributed by atoms with Gasteiger partial charge in [0.05, 0.1) is 19.8 Å². The lowest BCUT2D eigenvalue weighted by Crippen LogP contribution is -2.42. The van der Waals surface area contributed by atoms with Crippen molar-refractivity contribution in [2.75, 3.05) is 50.8 Å². The second kappa shape index (κ2) is 11.5. The third kappa shape index (κ3) is 8.55. The number of ether oxygens (including phenoxy) is 2. The van der Waals surface area contributed by atoms with Gasteiger partial charge in [0.25, 0.3) is 0 Å². The summed E-state index contributed by atoms with van der Waals surface area (Å²) >= 11 is 0. The Morgan fingerprint density at radius 2 is 1.97 bits per heavy atom. The molecule has 3 N–H and O–H groups in total. The van der Waals surface area contributed by atoms with Crippen LogP contribution in [0.5, 0.6) is 0 Å². The zero-order chi connectivity index (χ0) is 21.1. The highest BCUT2D eigenvalue weighted by Gasteiger charge is 2.16. The molecule has 0 bridgehead atoms. The molecule has 2 heterocycles. The molecule has 0 atom stereocenters. The second-order valence-electron chi connectivity index (χ2n) is 7.64. The maximum absolute atomic E-state index is 11.7. The number of anilines is 1. The van der Waals surface area contributed by atoms with Crippen LogP contribution in [0.25, 0.3) is 0 Å².